The Balaban J connectivity index is 1.89. The SMILES string of the molecule is Fc1ccc([C@H](C2CCOCC2)N2CCNCC2)c(Cl)c1. The summed E-state index contributed by atoms with van der Waals surface area (Å²) in [6.45, 7) is 5.64. The van der Waals surface area contributed by atoms with Crippen molar-refractivity contribution in [3.63, 3.8) is 0 Å². The lowest BCUT2D eigenvalue weighted by molar-refractivity contribution is 0.0213. The maximum Gasteiger partial charge on any atom is 0.124 e. The molecule has 0 aromatic heterocycles. The summed E-state index contributed by atoms with van der Waals surface area (Å²) in [6.07, 6.45) is 2.09. The van der Waals surface area contributed by atoms with Crippen LogP contribution in [-0.2, 0) is 4.74 Å². The minimum absolute atomic E-state index is 0.268. The summed E-state index contributed by atoms with van der Waals surface area (Å²) in [4.78, 5) is 2.49. The Kier molecular flexibility index (Phi) is 5.11. The van der Waals surface area contributed by atoms with Crippen LogP contribution in [0.25, 0.3) is 0 Å². The minimum atomic E-state index is -0.269. The highest BCUT2D eigenvalue weighted by Crippen LogP contribution is 2.38. The molecule has 0 bridgehead atoms. The van der Waals surface area contributed by atoms with Gasteiger partial charge in [-0.25, -0.2) is 4.39 Å². The quantitative estimate of drug-likeness (QED) is 0.929. The Morgan fingerprint density at radius 1 is 1.24 bits per heavy atom. The third-order valence-corrected chi connectivity index (χ3v) is 4.87. The Morgan fingerprint density at radius 2 is 1.95 bits per heavy atom. The highest BCUT2D eigenvalue weighted by atomic mass is 35.5. The highest BCUT2D eigenvalue weighted by molar-refractivity contribution is 6.31. The molecule has 0 radical (unpaired) electrons. The molecule has 0 amide bonds. The van der Waals surface area contributed by atoms with Gasteiger partial charge in [0.05, 0.1) is 0 Å². The smallest absolute Gasteiger partial charge is 0.124 e. The zero-order valence-electron chi connectivity index (χ0n) is 12.2. The van der Waals surface area contributed by atoms with E-state index in [-0.39, 0.29) is 11.9 Å². The first kappa shape index (κ1) is 15.2. The summed E-state index contributed by atoms with van der Waals surface area (Å²) in [6, 6.07) is 5.09. The van der Waals surface area contributed by atoms with Crippen LogP contribution >= 0.6 is 11.6 Å². The van der Waals surface area contributed by atoms with E-state index in [1.54, 1.807) is 0 Å². The molecule has 1 N–H and O–H groups in total. The van der Waals surface area contributed by atoms with Gasteiger partial charge >= 0.3 is 0 Å². The van der Waals surface area contributed by atoms with Crippen molar-refractivity contribution < 1.29 is 9.13 Å². The zero-order chi connectivity index (χ0) is 14.7. The largest absolute Gasteiger partial charge is 0.381 e. The number of benzene rings is 1. The van der Waals surface area contributed by atoms with Crippen molar-refractivity contribution in [1.29, 1.82) is 0 Å². The number of hydrogen-bond acceptors (Lipinski definition) is 3. The van der Waals surface area contributed by atoms with Gasteiger partial charge in [-0.15, -0.1) is 0 Å². The van der Waals surface area contributed by atoms with Gasteiger partial charge in [0, 0.05) is 50.5 Å². The number of nitrogens with zero attached hydrogens (tertiary/aromatic N) is 1. The van der Waals surface area contributed by atoms with Crippen LogP contribution in [0.5, 0.6) is 0 Å². The van der Waals surface area contributed by atoms with E-state index >= 15 is 0 Å². The first-order valence-corrected chi connectivity index (χ1v) is 8.11. The molecule has 2 saturated heterocycles. The molecule has 2 heterocycles. The van der Waals surface area contributed by atoms with Crippen LogP contribution in [0.1, 0.15) is 24.4 Å². The third kappa shape index (κ3) is 3.57. The van der Waals surface area contributed by atoms with Crippen LogP contribution in [0.15, 0.2) is 18.2 Å². The molecule has 1 atom stereocenters. The second-order valence-corrected chi connectivity index (χ2v) is 6.25. The van der Waals surface area contributed by atoms with E-state index in [2.05, 4.69) is 10.2 Å². The average Bonchev–Trinajstić information content (AvgIpc) is 2.52. The van der Waals surface area contributed by atoms with Crippen molar-refractivity contribution in [2.45, 2.75) is 18.9 Å². The van der Waals surface area contributed by atoms with Gasteiger partial charge in [0.1, 0.15) is 5.82 Å². The fourth-order valence-corrected chi connectivity index (χ4v) is 3.76. The second kappa shape index (κ2) is 7.05. The summed E-state index contributed by atoms with van der Waals surface area (Å²) in [7, 11) is 0. The predicted molar refractivity (Wildman–Crippen MR) is 82.1 cm³/mol. The lowest BCUT2D eigenvalue weighted by atomic mass is 9.85. The van der Waals surface area contributed by atoms with E-state index in [9.17, 15) is 4.39 Å². The van der Waals surface area contributed by atoms with E-state index in [0.717, 1.165) is 57.8 Å². The Hall–Kier alpha value is -0.680. The number of piperazine rings is 1. The number of nitrogens with one attached hydrogen (secondary N) is 1. The highest BCUT2D eigenvalue weighted by Gasteiger charge is 2.32. The van der Waals surface area contributed by atoms with Gasteiger partial charge < -0.3 is 10.1 Å². The van der Waals surface area contributed by atoms with Gasteiger partial charge in [-0.2, -0.15) is 0 Å². The molecule has 1 aromatic carbocycles. The van der Waals surface area contributed by atoms with E-state index in [4.69, 9.17) is 16.3 Å². The number of hydrogen-bond donors (Lipinski definition) is 1. The van der Waals surface area contributed by atoms with Crippen molar-refractivity contribution >= 4 is 11.6 Å². The van der Waals surface area contributed by atoms with Crippen LogP contribution in [-0.4, -0.2) is 44.3 Å². The Morgan fingerprint density at radius 3 is 2.62 bits per heavy atom. The molecule has 1 aromatic rings. The molecule has 5 heteroatoms. The minimum Gasteiger partial charge on any atom is -0.381 e. The monoisotopic (exact) mass is 312 g/mol. The number of halogens is 2. The summed E-state index contributed by atoms with van der Waals surface area (Å²) in [5, 5.41) is 3.93. The molecule has 0 saturated carbocycles. The van der Waals surface area contributed by atoms with Gasteiger partial charge in [-0.05, 0) is 36.5 Å². The molecule has 0 aliphatic carbocycles. The molecular weight excluding hydrogens is 291 g/mol. The summed E-state index contributed by atoms with van der Waals surface area (Å²) in [5.41, 5.74) is 1.06. The zero-order valence-corrected chi connectivity index (χ0v) is 12.9. The molecule has 0 unspecified atom stereocenters. The fourth-order valence-electron chi connectivity index (χ4n) is 3.48. The normalized spacial score (nSPS) is 23.1. The standard InChI is InChI=1S/C16H22ClFN2O/c17-15-11-13(18)1-2-14(15)16(12-3-9-21-10-4-12)20-7-5-19-6-8-20/h1-2,11-12,16,19H,3-10H2/t16-/m0/s1. The number of ether oxygens (including phenoxy) is 1. The molecule has 3 rings (SSSR count). The molecule has 2 aliphatic heterocycles. The maximum absolute atomic E-state index is 13.4. The summed E-state index contributed by atoms with van der Waals surface area (Å²) in [5.74, 6) is 0.259. The first-order chi connectivity index (χ1) is 10.3. The van der Waals surface area contributed by atoms with Crippen LogP contribution < -0.4 is 5.32 Å². The van der Waals surface area contributed by atoms with Crippen LogP contribution in [0.4, 0.5) is 4.39 Å². The van der Waals surface area contributed by atoms with Gasteiger partial charge in [0.2, 0.25) is 0 Å². The molecule has 2 fully saturated rings. The van der Waals surface area contributed by atoms with Crippen molar-refractivity contribution in [3.05, 3.63) is 34.6 Å². The molecule has 2 aliphatic rings. The summed E-state index contributed by atoms with van der Waals surface area (Å²) < 4.78 is 18.9. The lowest BCUT2D eigenvalue weighted by Crippen LogP contribution is -2.47. The van der Waals surface area contributed by atoms with Crippen LogP contribution in [0.2, 0.25) is 5.02 Å². The van der Waals surface area contributed by atoms with Gasteiger partial charge in [0.25, 0.3) is 0 Å². The van der Waals surface area contributed by atoms with Crippen molar-refractivity contribution in [1.82, 2.24) is 10.2 Å². The summed E-state index contributed by atoms with van der Waals surface area (Å²) >= 11 is 6.35. The Bertz CT molecular complexity index is 455. The molecule has 116 valence electrons. The Labute approximate surface area is 130 Å². The topological polar surface area (TPSA) is 24.5 Å². The molecule has 0 spiro atoms. The van der Waals surface area contributed by atoms with E-state index < -0.39 is 0 Å². The van der Waals surface area contributed by atoms with E-state index in [0.29, 0.717) is 10.9 Å². The van der Waals surface area contributed by atoms with Gasteiger partial charge in [-0.1, -0.05) is 17.7 Å². The van der Waals surface area contributed by atoms with Gasteiger partial charge in [-0.3, -0.25) is 4.90 Å². The van der Waals surface area contributed by atoms with Crippen LogP contribution in [0, 0.1) is 11.7 Å². The molecular formula is C16H22ClFN2O. The van der Waals surface area contributed by atoms with E-state index in [1.165, 1.54) is 12.1 Å². The van der Waals surface area contributed by atoms with Gasteiger partial charge in [0.15, 0.2) is 0 Å². The second-order valence-electron chi connectivity index (χ2n) is 5.85. The third-order valence-electron chi connectivity index (χ3n) is 4.54. The molecule has 3 nitrogen and oxygen atoms in total. The molecule has 21 heavy (non-hydrogen) atoms. The fraction of sp³-hybridized carbons (Fsp3) is 0.625. The van der Waals surface area contributed by atoms with Crippen molar-refractivity contribution in [2.75, 3.05) is 39.4 Å². The van der Waals surface area contributed by atoms with Crippen molar-refractivity contribution in [3.8, 4) is 0 Å². The predicted octanol–water partition coefficient (Wildman–Crippen LogP) is 2.85. The number of rotatable bonds is 3. The maximum atomic E-state index is 13.4. The lowest BCUT2D eigenvalue weighted by Gasteiger charge is -2.41. The van der Waals surface area contributed by atoms with Crippen molar-refractivity contribution in [2.24, 2.45) is 5.92 Å². The van der Waals surface area contributed by atoms with E-state index in [1.807, 2.05) is 6.07 Å². The average molecular weight is 313 g/mol. The first-order valence-electron chi connectivity index (χ1n) is 7.73. The van der Waals surface area contributed by atoms with Crippen LogP contribution in [0.3, 0.4) is 0 Å².